The summed E-state index contributed by atoms with van der Waals surface area (Å²) in [6.07, 6.45) is 5.90. The lowest BCUT2D eigenvalue weighted by Gasteiger charge is -2.22. The van der Waals surface area contributed by atoms with E-state index in [-0.39, 0.29) is 0 Å². The number of nitrogens with one attached hydrogen (secondary N) is 1. The molecule has 1 aromatic heterocycles. The van der Waals surface area contributed by atoms with Crippen molar-refractivity contribution in [2.45, 2.75) is 25.7 Å². The molecule has 1 aromatic carbocycles. The number of aryl methyl sites for hydroxylation is 1. The maximum absolute atomic E-state index is 5.25. The molecule has 1 fully saturated rings. The molecule has 26 heavy (non-hydrogen) atoms. The number of benzene rings is 1. The third kappa shape index (κ3) is 4.34. The Morgan fingerprint density at radius 3 is 2.81 bits per heavy atom. The van der Waals surface area contributed by atoms with Crippen LogP contribution in [-0.4, -0.2) is 49.6 Å². The van der Waals surface area contributed by atoms with Gasteiger partial charge in [-0.15, -0.1) is 0 Å². The number of hydrogen-bond donors (Lipinski definition) is 1. The first-order chi connectivity index (χ1) is 12.7. The molecule has 2 aromatic rings. The van der Waals surface area contributed by atoms with Crippen molar-refractivity contribution in [2.75, 3.05) is 33.8 Å². The van der Waals surface area contributed by atoms with Gasteiger partial charge in [0, 0.05) is 45.0 Å². The van der Waals surface area contributed by atoms with Gasteiger partial charge in [0.1, 0.15) is 5.75 Å². The number of likely N-dealkylation sites (tertiary alicyclic amines) is 1. The minimum absolute atomic E-state index is 0.543. The molecule has 0 radical (unpaired) electrons. The first kappa shape index (κ1) is 18.2. The summed E-state index contributed by atoms with van der Waals surface area (Å²) >= 11 is 0. The molecule has 5 heteroatoms. The number of methoxy groups -OCH3 is 1. The van der Waals surface area contributed by atoms with E-state index in [4.69, 9.17) is 4.74 Å². The summed E-state index contributed by atoms with van der Waals surface area (Å²) in [5.41, 5.74) is 3.95. The summed E-state index contributed by atoms with van der Waals surface area (Å²) in [7, 11) is 3.57. The Morgan fingerprint density at radius 1 is 1.31 bits per heavy atom. The Bertz CT molecular complexity index is 742. The number of rotatable bonds is 5. The molecular weight excluding hydrogens is 324 g/mol. The van der Waals surface area contributed by atoms with E-state index >= 15 is 0 Å². The van der Waals surface area contributed by atoms with Crippen molar-refractivity contribution >= 4 is 5.96 Å². The monoisotopic (exact) mass is 352 g/mol. The molecule has 1 aliphatic rings. The molecule has 1 aliphatic heterocycles. The summed E-state index contributed by atoms with van der Waals surface area (Å²) in [6.45, 7) is 5.02. The highest BCUT2D eigenvalue weighted by atomic mass is 16.5. The number of guanidine groups is 1. The quantitative estimate of drug-likeness (QED) is 0.664. The van der Waals surface area contributed by atoms with Crippen LogP contribution in [0, 0.1) is 6.92 Å². The van der Waals surface area contributed by atoms with Crippen molar-refractivity contribution in [1.29, 1.82) is 0 Å². The predicted molar refractivity (Wildman–Crippen MR) is 106 cm³/mol. The summed E-state index contributed by atoms with van der Waals surface area (Å²) < 4.78 is 5.25. The molecule has 2 heterocycles. The van der Waals surface area contributed by atoms with Crippen LogP contribution < -0.4 is 10.1 Å². The normalized spacial score (nSPS) is 17.4. The van der Waals surface area contributed by atoms with Gasteiger partial charge in [0.05, 0.1) is 7.11 Å². The maximum Gasteiger partial charge on any atom is 0.193 e. The number of nitrogens with zero attached hydrogens (tertiary/aromatic N) is 3. The second-order valence-corrected chi connectivity index (χ2v) is 6.73. The van der Waals surface area contributed by atoms with E-state index in [1.165, 1.54) is 16.7 Å². The van der Waals surface area contributed by atoms with Crippen LogP contribution in [0.2, 0.25) is 0 Å². The number of hydrogen-bond acceptors (Lipinski definition) is 3. The highest BCUT2D eigenvalue weighted by molar-refractivity contribution is 5.80. The number of ether oxygens (including phenoxy) is 1. The third-order valence-corrected chi connectivity index (χ3v) is 5.10. The number of aliphatic imine (C=N–C) groups is 1. The summed E-state index contributed by atoms with van der Waals surface area (Å²) in [5, 5.41) is 3.51. The Balaban J connectivity index is 1.53. The van der Waals surface area contributed by atoms with Gasteiger partial charge in [0.15, 0.2) is 5.96 Å². The van der Waals surface area contributed by atoms with Crippen molar-refractivity contribution in [3.63, 3.8) is 0 Å². The SMILES string of the molecule is CN=C(NCCc1ccncc1C)N1CCC(c2ccc(OC)cc2)C1. The summed E-state index contributed by atoms with van der Waals surface area (Å²) in [4.78, 5) is 11.0. The first-order valence-corrected chi connectivity index (χ1v) is 9.20. The molecule has 0 amide bonds. The predicted octanol–water partition coefficient (Wildman–Crippen LogP) is 3.01. The lowest BCUT2D eigenvalue weighted by molar-refractivity contribution is 0.414. The summed E-state index contributed by atoms with van der Waals surface area (Å²) in [5.74, 6) is 2.45. The van der Waals surface area contributed by atoms with Crippen molar-refractivity contribution in [3.8, 4) is 5.75 Å². The fourth-order valence-corrected chi connectivity index (χ4v) is 3.52. The minimum atomic E-state index is 0.543. The molecule has 3 rings (SSSR count). The Kier molecular flexibility index (Phi) is 6.10. The zero-order valence-corrected chi connectivity index (χ0v) is 15.9. The van der Waals surface area contributed by atoms with E-state index in [0.717, 1.165) is 44.2 Å². The van der Waals surface area contributed by atoms with Crippen LogP contribution >= 0.6 is 0 Å². The Hall–Kier alpha value is -2.56. The van der Waals surface area contributed by atoms with Crippen molar-refractivity contribution in [3.05, 3.63) is 59.4 Å². The lowest BCUT2D eigenvalue weighted by atomic mass is 9.98. The smallest absolute Gasteiger partial charge is 0.193 e. The molecule has 1 unspecified atom stereocenters. The molecule has 1 N–H and O–H groups in total. The van der Waals surface area contributed by atoms with Gasteiger partial charge in [0.25, 0.3) is 0 Å². The van der Waals surface area contributed by atoms with Gasteiger partial charge >= 0.3 is 0 Å². The van der Waals surface area contributed by atoms with Gasteiger partial charge in [-0.1, -0.05) is 12.1 Å². The van der Waals surface area contributed by atoms with Crippen molar-refractivity contribution < 1.29 is 4.74 Å². The largest absolute Gasteiger partial charge is 0.497 e. The maximum atomic E-state index is 5.25. The molecule has 0 aliphatic carbocycles. The van der Waals surface area contributed by atoms with Gasteiger partial charge in [-0.3, -0.25) is 9.98 Å². The molecule has 0 spiro atoms. The third-order valence-electron chi connectivity index (χ3n) is 5.10. The topological polar surface area (TPSA) is 49.8 Å². The molecule has 1 saturated heterocycles. The molecule has 138 valence electrons. The van der Waals surface area contributed by atoms with Crippen LogP contribution in [0.3, 0.4) is 0 Å². The Labute approximate surface area is 156 Å². The molecular formula is C21H28N4O. The fraction of sp³-hybridized carbons (Fsp3) is 0.429. The average Bonchev–Trinajstić information content (AvgIpc) is 3.16. The van der Waals surface area contributed by atoms with E-state index < -0.39 is 0 Å². The number of aromatic nitrogens is 1. The lowest BCUT2D eigenvalue weighted by Crippen LogP contribution is -2.40. The van der Waals surface area contributed by atoms with Crippen LogP contribution in [0.4, 0.5) is 0 Å². The van der Waals surface area contributed by atoms with Crippen LogP contribution in [0.15, 0.2) is 47.7 Å². The van der Waals surface area contributed by atoms with Gasteiger partial charge in [-0.2, -0.15) is 0 Å². The van der Waals surface area contributed by atoms with Crippen LogP contribution in [-0.2, 0) is 6.42 Å². The van der Waals surface area contributed by atoms with Crippen LogP contribution in [0.1, 0.15) is 29.0 Å². The first-order valence-electron chi connectivity index (χ1n) is 9.20. The zero-order valence-electron chi connectivity index (χ0n) is 15.9. The van der Waals surface area contributed by atoms with Gasteiger partial charge in [0.2, 0.25) is 0 Å². The highest BCUT2D eigenvalue weighted by Gasteiger charge is 2.25. The Morgan fingerprint density at radius 2 is 2.12 bits per heavy atom. The van der Waals surface area contributed by atoms with Crippen LogP contribution in [0.25, 0.3) is 0 Å². The zero-order chi connectivity index (χ0) is 18.4. The molecule has 1 atom stereocenters. The van der Waals surface area contributed by atoms with Gasteiger partial charge in [-0.05, 0) is 54.7 Å². The molecule has 0 saturated carbocycles. The minimum Gasteiger partial charge on any atom is -0.497 e. The van der Waals surface area contributed by atoms with Crippen molar-refractivity contribution in [1.82, 2.24) is 15.2 Å². The average molecular weight is 352 g/mol. The van der Waals surface area contributed by atoms with E-state index in [2.05, 4.69) is 45.3 Å². The highest BCUT2D eigenvalue weighted by Crippen LogP contribution is 2.28. The van der Waals surface area contributed by atoms with Crippen molar-refractivity contribution in [2.24, 2.45) is 4.99 Å². The second-order valence-electron chi connectivity index (χ2n) is 6.73. The van der Waals surface area contributed by atoms with E-state index in [1.807, 2.05) is 31.6 Å². The van der Waals surface area contributed by atoms with E-state index in [9.17, 15) is 0 Å². The summed E-state index contributed by atoms with van der Waals surface area (Å²) in [6, 6.07) is 10.5. The van der Waals surface area contributed by atoms with Gasteiger partial charge < -0.3 is 15.0 Å². The second kappa shape index (κ2) is 8.70. The number of pyridine rings is 1. The molecule has 0 bridgehead atoms. The standard InChI is InChI=1S/C21H28N4O/c1-16-14-23-11-8-17(16)9-12-24-21(22-2)25-13-10-19(15-25)18-4-6-20(26-3)7-5-18/h4-8,11,14,19H,9-10,12-13,15H2,1-3H3,(H,22,24). The van der Waals surface area contributed by atoms with E-state index in [0.29, 0.717) is 5.92 Å². The van der Waals surface area contributed by atoms with Crippen LogP contribution in [0.5, 0.6) is 5.75 Å². The van der Waals surface area contributed by atoms with Gasteiger partial charge in [-0.25, -0.2) is 0 Å². The van der Waals surface area contributed by atoms with E-state index in [1.54, 1.807) is 7.11 Å². The molecule has 5 nitrogen and oxygen atoms in total. The fourth-order valence-electron chi connectivity index (χ4n) is 3.52.